The van der Waals surface area contributed by atoms with Crippen LogP contribution in [0.3, 0.4) is 0 Å². The molecule has 0 atom stereocenters. The molecule has 5 nitrogen and oxygen atoms in total. The molecule has 0 spiro atoms. The fraction of sp³-hybridized carbons (Fsp3) is 0.500. The van der Waals surface area contributed by atoms with Gasteiger partial charge in [-0.3, -0.25) is 4.79 Å². The Labute approximate surface area is 87.9 Å². The molecule has 0 unspecified atom stereocenters. The van der Waals surface area contributed by atoms with Gasteiger partial charge in [0.05, 0.1) is 12.7 Å². The molecule has 1 amide bonds. The molecule has 0 radical (unpaired) electrons. The molecule has 0 aliphatic heterocycles. The van der Waals surface area contributed by atoms with Crippen LogP contribution in [0.4, 0.5) is 0 Å². The van der Waals surface area contributed by atoms with Gasteiger partial charge < -0.3 is 4.90 Å². The van der Waals surface area contributed by atoms with Crippen molar-refractivity contribution in [2.24, 2.45) is 5.92 Å². The van der Waals surface area contributed by atoms with E-state index in [-0.39, 0.29) is 5.91 Å². The quantitative estimate of drug-likeness (QED) is 0.717. The lowest BCUT2D eigenvalue weighted by atomic mass is 10.3. The van der Waals surface area contributed by atoms with Crippen LogP contribution in [0.15, 0.2) is 6.20 Å². The smallest absolute Gasteiger partial charge is 0.276 e. The molecular weight excluding hydrogens is 192 g/mol. The molecule has 1 aromatic rings. The molecular formula is C10H12N4O. The summed E-state index contributed by atoms with van der Waals surface area (Å²) in [6.45, 7) is 1.07. The van der Waals surface area contributed by atoms with E-state index in [1.165, 1.54) is 19.0 Å². The number of terminal acetylenes is 1. The molecule has 1 aliphatic carbocycles. The van der Waals surface area contributed by atoms with E-state index < -0.39 is 0 Å². The van der Waals surface area contributed by atoms with Gasteiger partial charge in [-0.1, -0.05) is 5.92 Å². The second kappa shape index (κ2) is 4.13. The van der Waals surface area contributed by atoms with Gasteiger partial charge in [0.15, 0.2) is 5.69 Å². The summed E-state index contributed by atoms with van der Waals surface area (Å²) < 4.78 is 0. The van der Waals surface area contributed by atoms with Crippen LogP contribution >= 0.6 is 0 Å². The number of H-pyrrole nitrogens is 1. The van der Waals surface area contributed by atoms with Crippen LogP contribution in [-0.4, -0.2) is 39.3 Å². The Kier molecular flexibility index (Phi) is 2.68. The molecule has 1 heterocycles. The highest BCUT2D eigenvalue weighted by molar-refractivity contribution is 5.92. The summed E-state index contributed by atoms with van der Waals surface area (Å²) in [5.41, 5.74) is 0.325. The molecule has 0 saturated heterocycles. The van der Waals surface area contributed by atoms with Gasteiger partial charge in [-0.05, 0) is 18.8 Å². The lowest BCUT2D eigenvalue weighted by molar-refractivity contribution is 0.0764. The van der Waals surface area contributed by atoms with Crippen LogP contribution in [0.1, 0.15) is 23.3 Å². The first-order chi connectivity index (χ1) is 7.31. The van der Waals surface area contributed by atoms with Crippen LogP contribution in [0, 0.1) is 18.3 Å². The Morgan fingerprint density at radius 2 is 2.53 bits per heavy atom. The maximum absolute atomic E-state index is 11.9. The summed E-state index contributed by atoms with van der Waals surface area (Å²) in [4.78, 5) is 13.5. The fourth-order valence-corrected chi connectivity index (χ4v) is 1.41. The Morgan fingerprint density at radius 1 is 1.73 bits per heavy atom. The summed E-state index contributed by atoms with van der Waals surface area (Å²) in [6.07, 6.45) is 9.02. The highest BCUT2D eigenvalue weighted by Crippen LogP contribution is 2.29. The van der Waals surface area contributed by atoms with Gasteiger partial charge in [-0.2, -0.15) is 15.4 Å². The number of hydrogen-bond donors (Lipinski definition) is 1. The number of amides is 1. The van der Waals surface area contributed by atoms with E-state index in [1.807, 2.05) is 0 Å². The Morgan fingerprint density at radius 3 is 3.07 bits per heavy atom. The zero-order valence-electron chi connectivity index (χ0n) is 8.31. The normalized spacial score (nSPS) is 14.6. The maximum atomic E-state index is 11.9. The zero-order valence-corrected chi connectivity index (χ0v) is 8.31. The minimum Gasteiger partial charge on any atom is -0.326 e. The molecule has 1 N–H and O–H groups in total. The molecule has 1 aromatic heterocycles. The van der Waals surface area contributed by atoms with Crippen molar-refractivity contribution in [3.05, 3.63) is 11.9 Å². The van der Waals surface area contributed by atoms with Crippen molar-refractivity contribution < 1.29 is 4.79 Å². The largest absolute Gasteiger partial charge is 0.326 e. The van der Waals surface area contributed by atoms with Gasteiger partial charge >= 0.3 is 0 Å². The molecule has 1 aliphatic rings. The van der Waals surface area contributed by atoms with Crippen molar-refractivity contribution in [2.75, 3.05) is 13.1 Å². The lowest BCUT2D eigenvalue weighted by Gasteiger charge is -2.18. The summed E-state index contributed by atoms with van der Waals surface area (Å²) >= 11 is 0. The first-order valence-corrected chi connectivity index (χ1v) is 4.89. The molecule has 0 bridgehead atoms. The minimum absolute atomic E-state index is 0.145. The van der Waals surface area contributed by atoms with Crippen molar-refractivity contribution in [1.82, 2.24) is 20.3 Å². The molecule has 5 heteroatoms. The van der Waals surface area contributed by atoms with E-state index in [1.54, 1.807) is 4.90 Å². The van der Waals surface area contributed by atoms with Crippen molar-refractivity contribution in [1.29, 1.82) is 0 Å². The average molecular weight is 204 g/mol. The topological polar surface area (TPSA) is 61.9 Å². The molecule has 1 fully saturated rings. The first kappa shape index (κ1) is 9.71. The van der Waals surface area contributed by atoms with Crippen LogP contribution < -0.4 is 0 Å². The summed E-state index contributed by atoms with van der Waals surface area (Å²) in [5.74, 6) is 2.97. The van der Waals surface area contributed by atoms with Crippen molar-refractivity contribution >= 4 is 5.91 Å². The standard InChI is InChI=1S/C10H12N4O/c1-2-5-14(7-8-3-4-8)10(15)9-6-11-13-12-9/h1,6,8H,3-5,7H2,(H,11,12,13). The number of carbonyl (C=O) groups excluding carboxylic acids is 1. The zero-order chi connectivity index (χ0) is 10.7. The van der Waals surface area contributed by atoms with E-state index in [0.717, 1.165) is 6.54 Å². The van der Waals surface area contributed by atoms with Gasteiger partial charge in [0.25, 0.3) is 5.91 Å². The number of nitrogens with zero attached hydrogens (tertiary/aromatic N) is 3. The Balaban J connectivity index is 2.03. The maximum Gasteiger partial charge on any atom is 0.276 e. The molecule has 78 valence electrons. The molecule has 2 rings (SSSR count). The summed E-state index contributed by atoms with van der Waals surface area (Å²) in [7, 11) is 0. The predicted octanol–water partition coefficient (Wildman–Crippen LogP) is 0.290. The molecule has 15 heavy (non-hydrogen) atoms. The van der Waals surface area contributed by atoms with Gasteiger partial charge in [-0.15, -0.1) is 6.42 Å². The van der Waals surface area contributed by atoms with E-state index in [2.05, 4.69) is 21.3 Å². The van der Waals surface area contributed by atoms with E-state index in [4.69, 9.17) is 6.42 Å². The minimum atomic E-state index is -0.145. The second-order valence-electron chi connectivity index (χ2n) is 3.69. The third-order valence-corrected chi connectivity index (χ3v) is 2.38. The number of aromatic amines is 1. The first-order valence-electron chi connectivity index (χ1n) is 4.89. The summed E-state index contributed by atoms with van der Waals surface area (Å²) in [6, 6.07) is 0. The van der Waals surface area contributed by atoms with Gasteiger partial charge in [0, 0.05) is 6.54 Å². The van der Waals surface area contributed by atoms with Crippen LogP contribution in [0.5, 0.6) is 0 Å². The van der Waals surface area contributed by atoms with E-state index >= 15 is 0 Å². The third kappa shape index (κ3) is 2.34. The Hall–Kier alpha value is -1.83. The highest BCUT2D eigenvalue weighted by Gasteiger charge is 2.27. The predicted molar refractivity (Wildman–Crippen MR) is 53.8 cm³/mol. The van der Waals surface area contributed by atoms with Gasteiger partial charge in [-0.25, -0.2) is 0 Å². The number of rotatable bonds is 4. The summed E-state index contributed by atoms with van der Waals surface area (Å²) in [5, 5.41) is 9.77. The van der Waals surface area contributed by atoms with Crippen molar-refractivity contribution in [3.8, 4) is 12.3 Å². The van der Waals surface area contributed by atoms with Crippen LogP contribution in [0.25, 0.3) is 0 Å². The monoisotopic (exact) mass is 204 g/mol. The number of nitrogens with one attached hydrogen (secondary N) is 1. The third-order valence-electron chi connectivity index (χ3n) is 2.38. The lowest BCUT2D eigenvalue weighted by Crippen LogP contribution is -2.33. The van der Waals surface area contributed by atoms with Crippen molar-refractivity contribution in [2.45, 2.75) is 12.8 Å². The average Bonchev–Trinajstić information content (AvgIpc) is 2.88. The fourth-order valence-electron chi connectivity index (χ4n) is 1.41. The van der Waals surface area contributed by atoms with E-state index in [0.29, 0.717) is 18.2 Å². The molecule has 1 saturated carbocycles. The number of hydrogen-bond acceptors (Lipinski definition) is 3. The second-order valence-corrected chi connectivity index (χ2v) is 3.69. The SMILES string of the molecule is C#CCN(CC1CC1)C(=O)c1cn[nH]n1. The molecule has 0 aromatic carbocycles. The van der Waals surface area contributed by atoms with Crippen molar-refractivity contribution in [3.63, 3.8) is 0 Å². The van der Waals surface area contributed by atoms with Gasteiger partial charge in [0.1, 0.15) is 0 Å². The Bertz CT molecular complexity index is 375. The van der Waals surface area contributed by atoms with Crippen LogP contribution in [0.2, 0.25) is 0 Å². The highest BCUT2D eigenvalue weighted by atomic mass is 16.2. The van der Waals surface area contributed by atoms with E-state index in [9.17, 15) is 4.79 Å². The van der Waals surface area contributed by atoms with Gasteiger partial charge in [0.2, 0.25) is 0 Å². The number of aromatic nitrogens is 3. The number of carbonyl (C=O) groups is 1. The van der Waals surface area contributed by atoms with Crippen LogP contribution in [-0.2, 0) is 0 Å².